The van der Waals surface area contributed by atoms with Gasteiger partial charge in [-0.15, -0.1) is 0 Å². The van der Waals surface area contributed by atoms with Gasteiger partial charge < -0.3 is 9.14 Å². The highest BCUT2D eigenvalue weighted by atomic mass is 79.9. The number of benzene rings is 2. The first-order chi connectivity index (χ1) is 13.8. The summed E-state index contributed by atoms with van der Waals surface area (Å²) in [7, 11) is 0. The van der Waals surface area contributed by atoms with Gasteiger partial charge in [-0.3, -0.25) is 4.79 Å². The molecule has 4 heteroatoms. The van der Waals surface area contributed by atoms with E-state index in [1.807, 2.05) is 83.4 Å². The predicted molar refractivity (Wildman–Crippen MR) is 117 cm³/mol. The molecular formula is C24H20BrNO2. The molecule has 28 heavy (non-hydrogen) atoms. The van der Waals surface area contributed by atoms with Crippen molar-refractivity contribution in [1.82, 2.24) is 4.40 Å². The molecule has 0 N–H and O–H groups in total. The summed E-state index contributed by atoms with van der Waals surface area (Å²) in [5, 5.41) is 0.910. The fourth-order valence-electron chi connectivity index (χ4n) is 3.28. The van der Waals surface area contributed by atoms with Crippen LogP contribution in [0.4, 0.5) is 0 Å². The van der Waals surface area contributed by atoms with Crippen LogP contribution in [0.25, 0.3) is 16.6 Å². The van der Waals surface area contributed by atoms with E-state index >= 15 is 0 Å². The van der Waals surface area contributed by atoms with Gasteiger partial charge in [-0.1, -0.05) is 52.3 Å². The van der Waals surface area contributed by atoms with Gasteiger partial charge in [-0.2, -0.15) is 0 Å². The first-order valence-corrected chi connectivity index (χ1v) is 10.4. The number of aromatic nitrogens is 1. The number of hydrogen-bond donors (Lipinski definition) is 0. The second-order valence-corrected chi connectivity index (χ2v) is 7.31. The Balaban J connectivity index is 1.73. The minimum Gasteiger partial charge on any atom is -0.494 e. The Morgan fingerprint density at radius 1 is 0.929 bits per heavy atom. The van der Waals surface area contributed by atoms with Gasteiger partial charge in [0.15, 0.2) is 0 Å². The molecular weight excluding hydrogens is 414 g/mol. The summed E-state index contributed by atoms with van der Waals surface area (Å²) in [6, 6.07) is 25.4. The Morgan fingerprint density at radius 3 is 2.43 bits per heavy atom. The molecule has 0 spiro atoms. The minimum absolute atomic E-state index is 0.00272. The van der Waals surface area contributed by atoms with Crippen molar-refractivity contribution >= 4 is 27.2 Å². The van der Waals surface area contributed by atoms with Crippen LogP contribution in [-0.2, 0) is 0 Å². The first-order valence-electron chi connectivity index (χ1n) is 9.27. The third kappa shape index (κ3) is 3.73. The number of ketones is 1. The number of fused-ring (bicyclic) bond motifs is 1. The van der Waals surface area contributed by atoms with E-state index in [4.69, 9.17) is 4.74 Å². The molecule has 0 amide bonds. The van der Waals surface area contributed by atoms with Crippen molar-refractivity contribution in [1.29, 1.82) is 0 Å². The zero-order valence-corrected chi connectivity index (χ0v) is 16.9. The van der Waals surface area contributed by atoms with Gasteiger partial charge in [0.05, 0.1) is 6.61 Å². The number of ether oxygens (including phenoxy) is 1. The highest BCUT2D eigenvalue weighted by Crippen LogP contribution is 2.30. The summed E-state index contributed by atoms with van der Waals surface area (Å²) in [6.07, 6.45) is 2.88. The van der Waals surface area contributed by atoms with Gasteiger partial charge in [0.25, 0.3) is 0 Å². The molecule has 0 radical (unpaired) electrons. The minimum atomic E-state index is -0.00272. The third-order valence-electron chi connectivity index (χ3n) is 4.64. The second-order valence-electron chi connectivity index (χ2n) is 6.51. The first kappa shape index (κ1) is 18.5. The number of halogens is 1. The number of hydrogen-bond acceptors (Lipinski definition) is 2. The molecule has 140 valence electrons. The predicted octanol–water partition coefficient (Wildman–Crippen LogP) is 6.00. The van der Waals surface area contributed by atoms with Gasteiger partial charge >= 0.3 is 0 Å². The molecule has 0 bridgehead atoms. The Bertz CT molecular complexity index is 1080. The molecule has 0 fully saturated rings. The molecule has 0 saturated carbocycles. The zero-order valence-electron chi connectivity index (χ0n) is 15.3. The van der Waals surface area contributed by atoms with Gasteiger partial charge in [-0.25, -0.2) is 0 Å². The van der Waals surface area contributed by atoms with Crippen molar-refractivity contribution in [2.45, 2.75) is 6.42 Å². The van der Waals surface area contributed by atoms with Crippen LogP contribution in [-0.4, -0.2) is 22.1 Å². The van der Waals surface area contributed by atoms with Crippen LogP contribution in [0.15, 0.2) is 85.1 Å². The van der Waals surface area contributed by atoms with E-state index in [1.54, 1.807) is 0 Å². The van der Waals surface area contributed by atoms with Gasteiger partial charge in [-0.05, 0) is 54.4 Å². The number of rotatable bonds is 7. The summed E-state index contributed by atoms with van der Waals surface area (Å²) >= 11 is 3.39. The lowest BCUT2D eigenvalue weighted by Gasteiger charge is -2.08. The van der Waals surface area contributed by atoms with Crippen LogP contribution in [0, 0.1) is 0 Å². The molecule has 0 aliphatic rings. The zero-order chi connectivity index (χ0) is 19.3. The van der Waals surface area contributed by atoms with Crippen molar-refractivity contribution in [3.63, 3.8) is 0 Å². The molecule has 2 heterocycles. The number of alkyl halides is 1. The van der Waals surface area contributed by atoms with E-state index in [0.717, 1.165) is 34.1 Å². The van der Waals surface area contributed by atoms with E-state index in [-0.39, 0.29) is 5.78 Å². The largest absolute Gasteiger partial charge is 0.494 e. The van der Waals surface area contributed by atoms with E-state index in [0.29, 0.717) is 17.9 Å². The Labute approximate surface area is 172 Å². The topological polar surface area (TPSA) is 30.7 Å². The monoisotopic (exact) mass is 433 g/mol. The van der Waals surface area contributed by atoms with Crippen molar-refractivity contribution in [2.24, 2.45) is 0 Å². The van der Waals surface area contributed by atoms with Gasteiger partial charge in [0.2, 0.25) is 5.78 Å². The average Bonchev–Trinajstić information content (AvgIpc) is 3.14. The van der Waals surface area contributed by atoms with E-state index < -0.39 is 0 Å². The second kappa shape index (κ2) is 8.44. The van der Waals surface area contributed by atoms with E-state index in [1.165, 1.54) is 0 Å². The molecule has 0 saturated heterocycles. The molecule has 0 aliphatic carbocycles. The van der Waals surface area contributed by atoms with Crippen molar-refractivity contribution in [3.8, 4) is 16.9 Å². The number of pyridine rings is 1. The fourth-order valence-corrected chi connectivity index (χ4v) is 3.51. The van der Waals surface area contributed by atoms with Crippen molar-refractivity contribution in [3.05, 3.63) is 96.3 Å². The summed E-state index contributed by atoms with van der Waals surface area (Å²) in [6.45, 7) is 0.653. The van der Waals surface area contributed by atoms with E-state index in [9.17, 15) is 4.79 Å². The number of carbonyl (C=O) groups is 1. The maximum absolute atomic E-state index is 13.4. The van der Waals surface area contributed by atoms with Crippen LogP contribution in [0.3, 0.4) is 0 Å². The number of nitrogens with zero attached hydrogens (tertiary/aromatic N) is 1. The average molecular weight is 434 g/mol. The standard InChI is InChI=1S/C24H20BrNO2/c25-14-6-16-28-21-12-10-19(11-13-21)24(27)23-22(18-7-2-1-3-8-18)17-20-9-4-5-15-26(20)23/h1-5,7-13,15,17H,6,14,16H2. The summed E-state index contributed by atoms with van der Waals surface area (Å²) < 4.78 is 7.65. The fraction of sp³-hybridized carbons (Fsp3) is 0.125. The Hall–Kier alpha value is -2.85. The lowest BCUT2D eigenvalue weighted by Crippen LogP contribution is -2.07. The molecule has 0 unspecified atom stereocenters. The molecule has 3 nitrogen and oxygen atoms in total. The van der Waals surface area contributed by atoms with Crippen LogP contribution in [0.1, 0.15) is 22.5 Å². The smallest absolute Gasteiger partial charge is 0.210 e. The van der Waals surface area contributed by atoms with Gasteiger partial charge in [0.1, 0.15) is 11.4 Å². The summed E-state index contributed by atoms with van der Waals surface area (Å²) in [4.78, 5) is 13.4. The van der Waals surface area contributed by atoms with E-state index in [2.05, 4.69) is 22.0 Å². The van der Waals surface area contributed by atoms with Crippen molar-refractivity contribution < 1.29 is 9.53 Å². The summed E-state index contributed by atoms with van der Waals surface area (Å²) in [5.74, 6) is 0.776. The molecule has 0 atom stereocenters. The maximum atomic E-state index is 13.4. The lowest BCUT2D eigenvalue weighted by atomic mass is 10.0. The molecule has 4 rings (SSSR count). The highest BCUT2D eigenvalue weighted by molar-refractivity contribution is 9.09. The van der Waals surface area contributed by atoms with Crippen LogP contribution in [0.2, 0.25) is 0 Å². The Morgan fingerprint density at radius 2 is 1.68 bits per heavy atom. The molecule has 4 aromatic rings. The quantitative estimate of drug-likeness (QED) is 0.203. The molecule has 0 aliphatic heterocycles. The maximum Gasteiger partial charge on any atom is 0.210 e. The molecule has 2 aromatic heterocycles. The van der Waals surface area contributed by atoms with Crippen LogP contribution in [0.5, 0.6) is 5.75 Å². The van der Waals surface area contributed by atoms with Gasteiger partial charge in [0, 0.05) is 28.2 Å². The highest BCUT2D eigenvalue weighted by Gasteiger charge is 2.20. The SMILES string of the molecule is O=C(c1ccc(OCCCBr)cc1)c1c(-c2ccccc2)cc2ccccn12. The number of carbonyl (C=O) groups excluding carboxylic acids is 1. The summed E-state index contributed by atoms with van der Waals surface area (Å²) in [5.41, 5.74) is 4.29. The normalized spacial score (nSPS) is 10.9. The van der Waals surface area contributed by atoms with Crippen LogP contribution < -0.4 is 4.74 Å². The van der Waals surface area contributed by atoms with Crippen molar-refractivity contribution in [2.75, 3.05) is 11.9 Å². The third-order valence-corrected chi connectivity index (χ3v) is 5.20. The lowest BCUT2D eigenvalue weighted by molar-refractivity contribution is 0.103. The Kier molecular flexibility index (Phi) is 5.58. The molecule has 2 aromatic carbocycles. The van der Waals surface area contributed by atoms with Crippen LogP contribution >= 0.6 is 15.9 Å².